The zero-order valence-electron chi connectivity index (χ0n) is 11.9. The van der Waals surface area contributed by atoms with E-state index in [1.54, 1.807) is 7.11 Å². The number of aromatic amines is 1. The summed E-state index contributed by atoms with van der Waals surface area (Å²) < 4.78 is 5.47. The van der Waals surface area contributed by atoms with Crippen molar-refractivity contribution in [3.05, 3.63) is 36.2 Å². The predicted octanol–water partition coefficient (Wildman–Crippen LogP) is 3.12. The molecule has 1 fully saturated rings. The lowest BCUT2D eigenvalue weighted by Crippen LogP contribution is -2.25. The number of H-pyrrole nitrogens is 1. The second-order valence-electron chi connectivity index (χ2n) is 5.38. The normalized spacial score (nSPS) is 15.7. The Bertz CT molecular complexity index is 545. The van der Waals surface area contributed by atoms with Crippen LogP contribution in [0.3, 0.4) is 0 Å². The maximum atomic E-state index is 5.47. The van der Waals surface area contributed by atoms with Crippen LogP contribution >= 0.6 is 0 Å². The maximum Gasteiger partial charge on any atom is 0.123 e. The monoisotopic (exact) mass is 271 g/mol. The van der Waals surface area contributed by atoms with Crippen molar-refractivity contribution in [2.24, 2.45) is 0 Å². The van der Waals surface area contributed by atoms with Gasteiger partial charge in [-0.15, -0.1) is 0 Å². The van der Waals surface area contributed by atoms with E-state index in [0.717, 1.165) is 17.9 Å². The van der Waals surface area contributed by atoms with Gasteiger partial charge in [-0.1, -0.05) is 18.9 Å². The molecule has 1 aliphatic rings. The molecule has 0 radical (unpaired) electrons. The molecule has 20 heavy (non-hydrogen) atoms. The van der Waals surface area contributed by atoms with Gasteiger partial charge >= 0.3 is 0 Å². The second-order valence-corrected chi connectivity index (χ2v) is 5.38. The second kappa shape index (κ2) is 6.09. The first-order chi connectivity index (χ1) is 9.86. The van der Waals surface area contributed by atoms with Crippen molar-refractivity contribution in [3.63, 3.8) is 0 Å². The Balaban J connectivity index is 1.77. The summed E-state index contributed by atoms with van der Waals surface area (Å²) in [5.41, 5.74) is 3.48. The molecule has 1 aliphatic carbocycles. The number of aromatic nitrogens is 2. The summed E-state index contributed by atoms with van der Waals surface area (Å²) >= 11 is 0. The third-order valence-electron chi connectivity index (χ3n) is 4.05. The van der Waals surface area contributed by atoms with E-state index in [2.05, 4.69) is 27.6 Å². The highest BCUT2D eigenvalue weighted by atomic mass is 16.5. The number of rotatable bonds is 5. The Morgan fingerprint density at radius 2 is 2.15 bits per heavy atom. The molecular weight excluding hydrogens is 250 g/mol. The highest BCUT2D eigenvalue weighted by Crippen LogP contribution is 2.27. The van der Waals surface area contributed by atoms with Crippen LogP contribution < -0.4 is 10.1 Å². The van der Waals surface area contributed by atoms with Crippen LogP contribution in [0.1, 0.15) is 31.2 Å². The molecular formula is C16H21N3O. The Hall–Kier alpha value is -1.81. The van der Waals surface area contributed by atoms with Crippen molar-refractivity contribution in [2.75, 3.05) is 7.11 Å². The molecule has 3 rings (SSSR count). The topological polar surface area (TPSA) is 49.9 Å². The molecule has 0 atom stereocenters. The molecule has 0 unspecified atom stereocenters. The fraction of sp³-hybridized carbons (Fsp3) is 0.438. The number of nitrogens with one attached hydrogen (secondary N) is 2. The summed E-state index contributed by atoms with van der Waals surface area (Å²) in [5, 5.41) is 10.5. The zero-order chi connectivity index (χ0) is 13.8. The van der Waals surface area contributed by atoms with Crippen LogP contribution in [0.4, 0.5) is 0 Å². The lowest BCUT2D eigenvalue weighted by molar-refractivity contribution is 0.405. The lowest BCUT2D eigenvalue weighted by atomic mass is 10.0. The van der Waals surface area contributed by atoms with Crippen molar-refractivity contribution >= 4 is 0 Å². The van der Waals surface area contributed by atoms with Crippen molar-refractivity contribution in [3.8, 4) is 16.9 Å². The van der Waals surface area contributed by atoms with Crippen LogP contribution in [0.25, 0.3) is 11.1 Å². The molecule has 1 aromatic heterocycles. The highest BCUT2D eigenvalue weighted by molar-refractivity contribution is 5.64. The van der Waals surface area contributed by atoms with Gasteiger partial charge in [0.05, 0.1) is 13.3 Å². The van der Waals surface area contributed by atoms with Gasteiger partial charge in [-0.25, -0.2) is 0 Å². The molecule has 0 aliphatic heterocycles. The van der Waals surface area contributed by atoms with Gasteiger partial charge in [0.25, 0.3) is 0 Å². The Morgan fingerprint density at radius 1 is 1.30 bits per heavy atom. The first-order valence-electron chi connectivity index (χ1n) is 7.26. The molecule has 0 spiro atoms. The SMILES string of the molecule is COc1ccc(-c2cn[nH]c2)cc1CNC1CCCC1. The van der Waals surface area contributed by atoms with Gasteiger partial charge < -0.3 is 10.1 Å². The summed E-state index contributed by atoms with van der Waals surface area (Å²) in [6.45, 7) is 0.861. The summed E-state index contributed by atoms with van der Waals surface area (Å²) in [5.74, 6) is 0.947. The number of hydrogen-bond acceptors (Lipinski definition) is 3. The number of hydrogen-bond donors (Lipinski definition) is 2. The average Bonchev–Trinajstić information content (AvgIpc) is 3.18. The Morgan fingerprint density at radius 3 is 2.85 bits per heavy atom. The average molecular weight is 271 g/mol. The molecule has 0 saturated heterocycles. The fourth-order valence-corrected chi connectivity index (χ4v) is 2.89. The van der Waals surface area contributed by atoms with Gasteiger partial charge in [-0.05, 0) is 30.5 Å². The largest absolute Gasteiger partial charge is 0.496 e. The van der Waals surface area contributed by atoms with Gasteiger partial charge in [-0.2, -0.15) is 5.10 Å². The smallest absolute Gasteiger partial charge is 0.123 e. The van der Waals surface area contributed by atoms with Crippen molar-refractivity contribution in [2.45, 2.75) is 38.3 Å². The molecule has 1 heterocycles. The van der Waals surface area contributed by atoms with Gasteiger partial charge in [0.15, 0.2) is 0 Å². The zero-order valence-corrected chi connectivity index (χ0v) is 11.9. The highest BCUT2D eigenvalue weighted by Gasteiger charge is 2.15. The Labute approximate surface area is 119 Å². The number of ether oxygens (including phenoxy) is 1. The van der Waals surface area contributed by atoms with Crippen molar-refractivity contribution < 1.29 is 4.74 Å². The van der Waals surface area contributed by atoms with Gasteiger partial charge in [0.1, 0.15) is 5.75 Å². The first-order valence-corrected chi connectivity index (χ1v) is 7.26. The molecule has 106 valence electrons. The third kappa shape index (κ3) is 2.85. The van der Waals surface area contributed by atoms with Crippen LogP contribution in [0.15, 0.2) is 30.6 Å². The standard InChI is InChI=1S/C16H21N3O/c1-20-16-7-6-12(14-10-18-19-11-14)8-13(16)9-17-15-4-2-3-5-15/h6-8,10-11,15,17H,2-5,9H2,1H3,(H,18,19). The van der Waals surface area contributed by atoms with E-state index in [1.165, 1.54) is 36.8 Å². The van der Waals surface area contributed by atoms with Crippen LogP contribution in [0.5, 0.6) is 5.75 Å². The van der Waals surface area contributed by atoms with Crippen LogP contribution in [0, 0.1) is 0 Å². The summed E-state index contributed by atoms with van der Waals surface area (Å²) in [4.78, 5) is 0. The van der Waals surface area contributed by atoms with Gasteiger partial charge in [0.2, 0.25) is 0 Å². The van der Waals surface area contributed by atoms with Crippen molar-refractivity contribution in [1.29, 1.82) is 0 Å². The van der Waals surface area contributed by atoms with Crippen molar-refractivity contribution in [1.82, 2.24) is 15.5 Å². The van der Waals surface area contributed by atoms with E-state index in [0.29, 0.717) is 6.04 Å². The van der Waals surface area contributed by atoms with Crippen LogP contribution in [-0.4, -0.2) is 23.3 Å². The maximum absolute atomic E-state index is 5.47. The molecule has 0 amide bonds. The van der Waals surface area contributed by atoms with Gasteiger partial charge in [0, 0.05) is 29.9 Å². The first kappa shape index (κ1) is 13.2. The third-order valence-corrected chi connectivity index (χ3v) is 4.05. The molecule has 1 aromatic carbocycles. The van der Waals surface area contributed by atoms with E-state index in [9.17, 15) is 0 Å². The van der Waals surface area contributed by atoms with E-state index in [1.807, 2.05) is 18.5 Å². The van der Waals surface area contributed by atoms with Crippen LogP contribution in [0.2, 0.25) is 0 Å². The minimum absolute atomic E-state index is 0.664. The number of nitrogens with zero attached hydrogens (tertiary/aromatic N) is 1. The minimum atomic E-state index is 0.664. The van der Waals surface area contributed by atoms with Crippen LogP contribution in [-0.2, 0) is 6.54 Å². The van der Waals surface area contributed by atoms with Gasteiger partial charge in [-0.3, -0.25) is 5.10 Å². The molecule has 4 nitrogen and oxygen atoms in total. The Kier molecular flexibility index (Phi) is 4.02. The molecule has 4 heteroatoms. The summed E-state index contributed by atoms with van der Waals surface area (Å²) in [6.07, 6.45) is 9.05. The molecule has 0 bridgehead atoms. The van der Waals surface area contributed by atoms with E-state index < -0.39 is 0 Å². The summed E-state index contributed by atoms with van der Waals surface area (Å²) in [7, 11) is 1.73. The number of benzene rings is 1. The number of methoxy groups -OCH3 is 1. The van der Waals surface area contributed by atoms with E-state index in [4.69, 9.17) is 4.74 Å². The molecule has 1 saturated carbocycles. The fourth-order valence-electron chi connectivity index (χ4n) is 2.89. The molecule has 2 aromatic rings. The predicted molar refractivity (Wildman–Crippen MR) is 79.7 cm³/mol. The molecule has 2 N–H and O–H groups in total. The quantitative estimate of drug-likeness (QED) is 0.878. The minimum Gasteiger partial charge on any atom is -0.496 e. The van der Waals surface area contributed by atoms with E-state index in [-0.39, 0.29) is 0 Å². The lowest BCUT2D eigenvalue weighted by Gasteiger charge is -2.15. The summed E-state index contributed by atoms with van der Waals surface area (Å²) in [6, 6.07) is 6.96. The van der Waals surface area contributed by atoms with E-state index >= 15 is 0 Å².